The number of anilines is 3. The van der Waals surface area contributed by atoms with Gasteiger partial charge in [-0.15, -0.1) is 0 Å². The van der Waals surface area contributed by atoms with Crippen molar-refractivity contribution in [1.29, 1.82) is 0 Å². The molecule has 1 fully saturated rings. The van der Waals surface area contributed by atoms with Crippen LogP contribution < -0.4 is 10.2 Å². The summed E-state index contributed by atoms with van der Waals surface area (Å²) in [4.78, 5) is 24.4. The average molecular weight is 564 g/mol. The van der Waals surface area contributed by atoms with Crippen molar-refractivity contribution >= 4 is 57.1 Å². The van der Waals surface area contributed by atoms with E-state index in [1.54, 1.807) is 18.3 Å². The molecule has 1 aliphatic rings. The summed E-state index contributed by atoms with van der Waals surface area (Å²) in [5, 5.41) is 14.6. The first-order chi connectivity index (χ1) is 18.8. The molecule has 0 bridgehead atoms. The number of phenolic OH excluding ortho intramolecular Hbond substituents is 1. The molecule has 2 aromatic carbocycles. The largest absolute Gasteiger partial charge is 0.505 e. The first kappa shape index (κ1) is 27.2. The first-order valence-corrected chi connectivity index (χ1v) is 14.2. The van der Waals surface area contributed by atoms with Crippen molar-refractivity contribution in [2.45, 2.75) is 52.4 Å². The molecule has 2 N–H and O–H groups in total. The third-order valence-corrected chi connectivity index (χ3v) is 7.94. The Balaban J connectivity index is 1.53. The number of aryl methyl sites for hydroxylation is 1. The van der Waals surface area contributed by atoms with Crippen LogP contribution in [0.3, 0.4) is 0 Å². The number of fused-ring (bicyclic) bond motifs is 1. The topological polar surface area (TPSA) is 78.3 Å². The van der Waals surface area contributed by atoms with Gasteiger partial charge < -0.3 is 15.3 Å². The second-order valence-electron chi connectivity index (χ2n) is 10.2. The number of halogens is 2. The van der Waals surface area contributed by atoms with Crippen molar-refractivity contribution in [1.82, 2.24) is 9.97 Å². The highest BCUT2D eigenvalue weighted by Crippen LogP contribution is 2.40. The number of ketones is 1. The number of carbonyl (C=O) groups excluding carboxylic acids is 1. The van der Waals surface area contributed by atoms with Crippen LogP contribution in [0, 0.1) is 6.92 Å². The molecule has 0 aliphatic carbocycles. The molecule has 8 heteroatoms. The summed E-state index contributed by atoms with van der Waals surface area (Å²) in [5.74, 6) is 0.740. The second-order valence-corrected chi connectivity index (χ2v) is 11.0. The van der Waals surface area contributed by atoms with Gasteiger partial charge in [-0.25, -0.2) is 4.98 Å². The van der Waals surface area contributed by atoms with Crippen molar-refractivity contribution in [3.8, 4) is 16.9 Å². The Bertz CT molecular complexity index is 1490. The molecule has 2 aromatic heterocycles. The molecule has 0 amide bonds. The molecule has 1 aliphatic heterocycles. The lowest BCUT2D eigenvalue weighted by Crippen LogP contribution is -2.26. The standard InChI is InChI=1S/C31H32Cl2N4O2/c1-19-13-28-24(16-23(19)21-14-26(32)31(39)27(33)15-21)30(25(18-34-28)20(2)38)36-22-9-10-29(35-17-22)37-11-7-5-3-4-6-8-12-37/h9-10,13-18,39H,3-8,11-12H2,1-2H3,(H,34,36). The van der Waals surface area contributed by atoms with E-state index in [0.29, 0.717) is 11.3 Å². The third-order valence-electron chi connectivity index (χ3n) is 7.37. The normalized spacial score (nSPS) is 14.5. The molecular formula is C31H32Cl2N4O2. The molecule has 5 rings (SSSR count). The molecule has 1 saturated heterocycles. The number of benzene rings is 2. The summed E-state index contributed by atoms with van der Waals surface area (Å²) in [6.07, 6.45) is 11.0. The minimum absolute atomic E-state index is 0.0916. The highest BCUT2D eigenvalue weighted by atomic mass is 35.5. The molecule has 0 radical (unpaired) electrons. The lowest BCUT2D eigenvalue weighted by atomic mass is 9.96. The van der Waals surface area contributed by atoms with Crippen LogP contribution in [0.15, 0.2) is 48.8 Å². The number of aromatic hydroxyl groups is 1. The summed E-state index contributed by atoms with van der Waals surface area (Å²) in [6.45, 7) is 5.56. The van der Waals surface area contributed by atoms with Crippen LogP contribution in [0.2, 0.25) is 10.0 Å². The lowest BCUT2D eigenvalue weighted by Gasteiger charge is -2.23. The summed E-state index contributed by atoms with van der Waals surface area (Å²) >= 11 is 12.4. The summed E-state index contributed by atoms with van der Waals surface area (Å²) in [5.41, 5.74) is 5.29. The number of phenols is 1. The van der Waals surface area contributed by atoms with E-state index >= 15 is 0 Å². The molecule has 39 heavy (non-hydrogen) atoms. The third kappa shape index (κ3) is 5.97. The molecule has 0 unspecified atom stereocenters. The SMILES string of the molecule is CC(=O)c1cnc2cc(C)c(-c3cc(Cl)c(O)c(Cl)c3)cc2c1Nc1ccc(N2CCCCCCCC2)nc1. The molecule has 0 saturated carbocycles. The quantitative estimate of drug-likeness (QED) is 0.237. The second kappa shape index (κ2) is 11.8. The number of carbonyl (C=O) groups is 1. The van der Waals surface area contributed by atoms with Gasteiger partial charge in [0.25, 0.3) is 0 Å². The van der Waals surface area contributed by atoms with Gasteiger partial charge in [-0.3, -0.25) is 9.78 Å². The van der Waals surface area contributed by atoms with Gasteiger partial charge in [0.05, 0.1) is 38.7 Å². The summed E-state index contributed by atoms with van der Waals surface area (Å²) < 4.78 is 0. The predicted octanol–water partition coefficient (Wildman–Crippen LogP) is 8.72. The first-order valence-electron chi connectivity index (χ1n) is 13.4. The Morgan fingerprint density at radius 3 is 2.21 bits per heavy atom. The van der Waals surface area contributed by atoms with Crippen molar-refractivity contribution in [3.63, 3.8) is 0 Å². The molecule has 6 nitrogen and oxygen atoms in total. The average Bonchev–Trinajstić information content (AvgIpc) is 3.06. The van der Waals surface area contributed by atoms with E-state index < -0.39 is 0 Å². The van der Waals surface area contributed by atoms with Crippen molar-refractivity contribution in [3.05, 3.63) is 70.0 Å². The van der Waals surface area contributed by atoms with Gasteiger partial charge in [0.15, 0.2) is 11.5 Å². The number of hydrogen-bond donors (Lipinski definition) is 2. The molecule has 3 heterocycles. The summed E-state index contributed by atoms with van der Waals surface area (Å²) in [6, 6.07) is 11.4. The van der Waals surface area contributed by atoms with Crippen molar-refractivity contribution < 1.29 is 9.90 Å². The van der Waals surface area contributed by atoms with Crippen LogP contribution in [-0.2, 0) is 0 Å². The zero-order valence-electron chi connectivity index (χ0n) is 22.2. The number of nitrogens with one attached hydrogen (secondary N) is 1. The number of hydrogen-bond acceptors (Lipinski definition) is 6. The zero-order chi connectivity index (χ0) is 27.5. The monoisotopic (exact) mass is 562 g/mol. The maximum Gasteiger partial charge on any atom is 0.163 e. The lowest BCUT2D eigenvalue weighted by molar-refractivity contribution is 0.101. The van der Waals surface area contributed by atoms with Gasteiger partial charge in [0.1, 0.15) is 5.82 Å². The molecule has 0 atom stereocenters. The smallest absolute Gasteiger partial charge is 0.163 e. The molecule has 202 valence electrons. The van der Waals surface area contributed by atoms with E-state index in [4.69, 9.17) is 28.2 Å². The maximum atomic E-state index is 12.6. The van der Waals surface area contributed by atoms with E-state index in [1.165, 1.54) is 45.4 Å². The van der Waals surface area contributed by atoms with Crippen LogP contribution in [0.25, 0.3) is 22.0 Å². The Kier molecular flexibility index (Phi) is 8.24. The van der Waals surface area contributed by atoms with Crippen LogP contribution in [-0.4, -0.2) is 33.9 Å². The molecule has 4 aromatic rings. The number of aromatic nitrogens is 2. The number of rotatable bonds is 5. The van der Waals surface area contributed by atoms with E-state index in [-0.39, 0.29) is 21.6 Å². The number of pyridine rings is 2. The van der Waals surface area contributed by atoms with E-state index in [1.807, 2.05) is 37.4 Å². The zero-order valence-corrected chi connectivity index (χ0v) is 23.7. The van der Waals surface area contributed by atoms with Gasteiger partial charge in [-0.1, -0.05) is 48.9 Å². The maximum absolute atomic E-state index is 12.6. The number of nitrogens with zero attached hydrogens (tertiary/aromatic N) is 3. The molecular weight excluding hydrogens is 531 g/mol. The Morgan fingerprint density at radius 2 is 1.59 bits per heavy atom. The minimum Gasteiger partial charge on any atom is -0.505 e. The molecule has 0 spiro atoms. The van der Waals surface area contributed by atoms with Crippen LogP contribution in [0.5, 0.6) is 5.75 Å². The van der Waals surface area contributed by atoms with Crippen LogP contribution in [0.1, 0.15) is 61.4 Å². The highest BCUT2D eigenvalue weighted by Gasteiger charge is 2.17. The minimum atomic E-state index is -0.148. The number of Topliss-reactive ketones (excluding diaryl/α,β-unsaturated/α-hetero) is 1. The fourth-order valence-corrected chi connectivity index (χ4v) is 5.71. The Labute approximate surface area is 239 Å². The van der Waals surface area contributed by atoms with Gasteiger partial charge in [-0.2, -0.15) is 0 Å². The van der Waals surface area contributed by atoms with E-state index in [0.717, 1.165) is 52.2 Å². The Hall–Kier alpha value is -3.35. The van der Waals surface area contributed by atoms with Crippen molar-refractivity contribution in [2.75, 3.05) is 23.3 Å². The van der Waals surface area contributed by atoms with Gasteiger partial charge in [0.2, 0.25) is 0 Å². The Morgan fingerprint density at radius 1 is 0.923 bits per heavy atom. The fraction of sp³-hybridized carbons (Fsp3) is 0.323. The van der Waals surface area contributed by atoms with E-state index in [2.05, 4.69) is 15.2 Å². The highest BCUT2D eigenvalue weighted by molar-refractivity contribution is 6.37. The van der Waals surface area contributed by atoms with Crippen molar-refractivity contribution in [2.24, 2.45) is 0 Å². The van der Waals surface area contributed by atoms with Crippen LogP contribution in [0.4, 0.5) is 17.2 Å². The summed E-state index contributed by atoms with van der Waals surface area (Å²) in [7, 11) is 0. The van der Waals surface area contributed by atoms with Gasteiger partial charge in [0, 0.05) is 24.7 Å². The van der Waals surface area contributed by atoms with E-state index in [9.17, 15) is 9.90 Å². The fourth-order valence-electron chi connectivity index (χ4n) is 5.22. The predicted molar refractivity (Wildman–Crippen MR) is 161 cm³/mol. The van der Waals surface area contributed by atoms with Gasteiger partial charge >= 0.3 is 0 Å². The van der Waals surface area contributed by atoms with Crippen LogP contribution >= 0.6 is 23.2 Å². The van der Waals surface area contributed by atoms with Gasteiger partial charge in [-0.05, 0) is 79.8 Å².